The second kappa shape index (κ2) is 13.5. The number of ether oxygens (including phenoxy) is 1. The summed E-state index contributed by atoms with van der Waals surface area (Å²) in [6, 6.07) is 13.6. The summed E-state index contributed by atoms with van der Waals surface area (Å²) in [5.74, 6) is 0.737. The summed E-state index contributed by atoms with van der Waals surface area (Å²) in [6.07, 6.45) is 4.04. The molecule has 0 saturated heterocycles. The maximum absolute atomic E-state index is 12.1. The Morgan fingerprint density at radius 2 is 1.90 bits per heavy atom. The number of aromatic nitrogens is 2. The molecule has 1 amide bonds. The van der Waals surface area contributed by atoms with E-state index < -0.39 is 0 Å². The Kier molecular flexibility index (Phi) is 11.7. The van der Waals surface area contributed by atoms with E-state index >= 15 is 0 Å². The van der Waals surface area contributed by atoms with Crippen molar-refractivity contribution in [2.75, 3.05) is 33.4 Å². The topological polar surface area (TPSA) is 67.7 Å². The summed E-state index contributed by atoms with van der Waals surface area (Å²) >= 11 is 1.71. The average Bonchev–Trinajstić information content (AvgIpc) is 3.12. The first kappa shape index (κ1) is 25.3. The summed E-state index contributed by atoms with van der Waals surface area (Å²) in [5.41, 5.74) is 2.66. The number of fused-ring (bicyclic) bond motifs is 1. The number of rotatable bonds is 10. The fourth-order valence-corrected chi connectivity index (χ4v) is 3.36. The number of methoxy groups -OCH3 is 1. The summed E-state index contributed by atoms with van der Waals surface area (Å²) in [6.45, 7) is 2.77. The molecule has 0 unspecified atom stereocenters. The molecule has 0 aliphatic rings. The van der Waals surface area contributed by atoms with Crippen LogP contribution in [0, 0.1) is 0 Å². The Labute approximate surface area is 187 Å². The number of nitrogens with zero attached hydrogens (tertiary/aromatic N) is 2. The van der Waals surface area contributed by atoms with E-state index in [1.54, 1.807) is 18.9 Å². The van der Waals surface area contributed by atoms with Crippen molar-refractivity contribution in [3.8, 4) is 0 Å². The summed E-state index contributed by atoms with van der Waals surface area (Å²) < 4.78 is 6.98. The zero-order chi connectivity index (χ0) is 18.9. The maximum Gasteiger partial charge on any atom is 0.251 e. The summed E-state index contributed by atoms with van der Waals surface area (Å²) in [5, 5.41) is 6.10. The van der Waals surface area contributed by atoms with Crippen molar-refractivity contribution in [1.82, 2.24) is 20.0 Å². The molecule has 0 saturated carbocycles. The van der Waals surface area contributed by atoms with Crippen LogP contribution < -0.4 is 10.6 Å². The Morgan fingerprint density at radius 3 is 2.62 bits per heavy atom. The first-order valence-electron chi connectivity index (χ1n) is 8.89. The van der Waals surface area contributed by atoms with E-state index in [1.165, 1.54) is 0 Å². The number of hydrogen-bond acceptors (Lipinski definition) is 5. The molecular formula is C20H26Cl2N4O2S. The van der Waals surface area contributed by atoms with Crippen molar-refractivity contribution in [3.63, 3.8) is 0 Å². The summed E-state index contributed by atoms with van der Waals surface area (Å²) in [4.78, 5) is 17.9. The lowest BCUT2D eigenvalue weighted by atomic mass is 10.2. The van der Waals surface area contributed by atoms with E-state index in [1.807, 2.05) is 59.3 Å². The lowest BCUT2D eigenvalue weighted by Crippen LogP contribution is -2.33. The van der Waals surface area contributed by atoms with Crippen LogP contribution in [-0.2, 0) is 10.5 Å². The molecule has 3 rings (SSSR count). The number of hydrogen-bond donors (Lipinski definition) is 2. The standard InChI is InChI=1S/C20H24N4O2S.2ClH/c1-26-13-11-21-9-10-22-20(25)16-5-7-18(8-6-16)27-15-17-14-24-12-3-2-4-19(24)23-17;;/h2-8,12,14,21H,9-11,13,15H2,1H3,(H,22,25);2*1H. The number of amides is 1. The molecule has 0 bridgehead atoms. The fourth-order valence-electron chi connectivity index (χ4n) is 2.58. The minimum atomic E-state index is -0.0551. The van der Waals surface area contributed by atoms with Gasteiger partial charge >= 0.3 is 0 Å². The first-order chi connectivity index (χ1) is 13.3. The van der Waals surface area contributed by atoms with Crippen molar-refractivity contribution in [2.24, 2.45) is 0 Å². The van der Waals surface area contributed by atoms with Gasteiger partial charge in [-0.15, -0.1) is 36.6 Å². The third-order valence-corrected chi connectivity index (χ3v) is 5.03. The molecular weight excluding hydrogens is 431 g/mol. The molecule has 1 aromatic carbocycles. The lowest BCUT2D eigenvalue weighted by molar-refractivity contribution is 0.0953. The predicted molar refractivity (Wildman–Crippen MR) is 123 cm³/mol. The molecule has 2 aromatic heterocycles. The highest BCUT2D eigenvalue weighted by atomic mass is 35.5. The summed E-state index contributed by atoms with van der Waals surface area (Å²) in [7, 11) is 1.67. The normalized spacial score (nSPS) is 10.2. The highest BCUT2D eigenvalue weighted by molar-refractivity contribution is 7.98. The molecule has 29 heavy (non-hydrogen) atoms. The molecule has 2 heterocycles. The third kappa shape index (κ3) is 7.87. The number of pyridine rings is 1. The van der Waals surface area contributed by atoms with Crippen molar-refractivity contribution in [1.29, 1.82) is 0 Å². The zero-order valence-corrected chi connectivity index (χ0v) is 18.6. The molecule has 158 valence electrons. The van der Waals surface area contributed by atoms with Gasteiger partial charge in [0.05, 0.1) is 12.3 Å². The van der Waals surface area contributed by atoms with Crippen LogP contribution >= 0.6 is 36.6 Å². The van der Waals surface area contributed by atoms with Crippen LogP contribution in [0.15, 0.2) is 59.8 Å². The number of carbonyl (C=O) groups is 1. The molecule has 3 aromatic rings. The number of halogens is 2. The van der Waals surface area contributed by atoms with Gasteiger partial charge in [-0.25, -0.2) is 4.98 Å². The van der Waals surface area contributed by atoms with Crippen molar-refractivity contribution >= 4 is 48.1 Å². The van der Waals surface area contributed by atoms with E-state index in [9.17, 15) is 4.79 Å². The van der Waals surface area contributed by atoms with Crippen LogP contribution in [-0.4, -0.2) is 48.6 Å². The molecule has 0 aliphatic carbocycles. The zero-order valence-electron chi connectivity index (χ0n) is 16.2. The van der Waals surface area contributed by atoms with Crippen LogP contribution in [0.4, 0.5) is 0 Å². The van der Waals surface area contributed by atoms with Crippen LogP contribution in [0.5, 0.6) is 0 Å². The van der Waals surface area contributed by atoms with E-state index in [2.05, 4.69) is 15.6 Å². The SMILES string of the molecule is COCCNCCNC(=O)c1ccc(SCc2cn3ccccc3n2)cc1.Cl.Cl. The smallest absolute Gasteiger partial charge is 0.251 e. The van der Waals surface area contributed by atoms with Gasteiger partial charge < -0.3 is 19.8 Å². The van der Waals surface area contributed by atoms with E-state index in [4.69, 9.17) is 4.74 Å². The molecule has 0 aliphatic heterocycles. The molecule has 6 nitrogen and oxygen atoms in total. The molecule has 2 N–H and O–H groups in total. The van der Waals surface area contributed by atoms with E-state index in [-0.39, 0.29) is 30.7 Å². The Morgan fingerprint density at radius 1 is 1.10 bits per heavy atom. The number of nitrogens with one attached hydrogen (secondary N) is 2. The Bertz CT molecular complexity index is 841. The molecule has 0 spiro atoms. The quantitative estimate of drug-likeness (QED) is 0.361. The van der Waals surface area contributed by atoms with Crippen molar-refractivity contribution in [3.05, 3.63) is 66.1 Å². The second-order valence-electron chi connectivity index (χ2n) is 6.01. The molecule has 0 radical (unpaired) electrons. The first-order valence-corrected chi connectivity index (χ1v) is 9.88. The number of benzene rings is 1. The highest BCUT2D eigenvalue weighted by Gasteiger charge is 2.06. The number of imidazole rings is 1. The average molecular weight is 457 g/mol. The number of thioether (sulfide) groups is 1. The fraction of sp³-hybridized carbons (Fsp3) is 0.300. The van der Waals surface area contributed by atoms with Gasteiger partial charge in [0.2, 0.25) is 0 Å². The second-order valence-corrected chi connectivity index (χ2v) is 7.06. The van der Waals surface area contributed by atoms with Gasteiger partial charge in [0.1, 0.15) is 5.65 Å². The monoisotopic (exact) mass is 456 g/mol. The van der Waals surface area contributed by atoms with Gasteiger partial charge in [0.25, 0.3) is 5.91 Å². The third-order valence-electron chi connectivity index (χ3n) is 3.99. The predicted octanol–water partition coefficient (Wildman–Crippen LogP) is 3.44. The van der Waals surface area contributed by atoms with Gasteiger partial charge in [-0.05, 0) is 36.4 Å². The van der Waals surface area contributed by atoms with Crippen LogP contribution in [0.2, 0.25) is 0 Å². The minimum Gasteiger partial charge on any atom is -0.383 e. The molecule has 9 heteroatoms. The van der Waals surface area contributed by atoms with Gasteiger partial charge in [0, 0.05) is 55.3 Å². The molecule has 0 fully saturated rings. The minimum absolute atomic E-state index is 0. The van der Waals surface area contributed by atoms with E-state index in [0.717, 1.165) is 35.1 Å². The van der Waals surface area contributed by atoms with Gasteiger partial charge in [-0.3, -0.25) is 4.79 Å². The van der Waals surface area contributed by atoms with Crippen LogP contribution in [0.1, 0.15) is 16.1 Å². The Hall–Kier alpha value is -1.77. The van der Waals surface area contributed by atoms with Crippen LogP contribution in [0.25, 0.3) is 5.65 Å². The van der Waals surface area contributed by atoms with Crippen LogP contribution in [0.3, 0.4) is 0 Å². The molecule has 0 atom stereocenters. The largest absolute Gasteiger partial charge is 0.383 e. The van der Waals surface area contributed by atoms with Gasteiger partial charge in [-0.1, -0.05) is 6.07 Å². The lowest BCUT2D eigenvalue weighted by Gasteiger charge is -2.07. The number of carbonyl (C=O) groups excluding carboxylic acids is 1. The Balaban J connectivity index is 0.00000210. The maximum atomic E-state index is 12.1. The van der Waals surface area contributed by atoms with Crippen molar-refractivity contribution in [2.45, 2.75) is 10.6 Å². The highest BCUT2D eigenvalue weighted by Crippen LogP contribution is 2.23. The van der Waals surface area contributed by atoms with E-state index in [0.29, 0.717) is 18.7 Å². The van der Waals surface area contributed by atoms with Crippen molar-refractivity contribution < 1.29 is 9.53 Å². The van der Waals surface area contributed by atoms with Gasteiger partial charge in [-0.2, -0.15) is 0 Å². The van der Waals surface area contributed by atoms with Gasteiger partial charge in [0.15, 0.2) is 0 Å².